The second-order valence-corrected chi connectivity index (χ2v) is 6.29. The van der Waals surface area contributed by atoms with Crippen molar-refractivity contribution in [2.24, 2.45) is 7.05 Å². The predicted octanol–water partition coefficient (Wildman–Crippen LogP) is 4.02. The monoisotopic (exact) mass is 306 g/mol. The molecule has 3 heterocycles. The highest BCUT2D eigenvalue weighted by Crippen LogP contribution is 2.26. The predicted molar refractivity (Wildman–Crippen MR) is 94.6 cm³/mol. The lowest BCUT2D eigenvalue weighted by atomic mass is 10.2. The van der Waals surface area contributed by atoms with Gasteiger partial charge in [0.05, 0.1) is 11.0 Å². The maximum Gasteiger partial charge on any atom is 0.141 e. The summed E-state index contributed by atoms with van der Waals surface area (Å²) in [7, 11) is 2.08. The van der Waals surface area contributed by atoms with Crippen LogP contribution in [0.15, 0.2) is 42.6 Å². The molecule has 0 N–H and O–H groups in total. The molecule has 4 rings (SSSR count). The summed E-state index contributed by atoms with van der Waals surface area (Å²) in [6.45, 7) is 2.22. The molecule has 1 fully saturated rings. The average Bonchev–Trinajstić information content (AvgIpc) is 2.78. The van der Waals surface area contributed by atoms with Gasteiger partial charge in [-0.1, -0.05) is 25.0 Å². The average molecular weight is 306 g/mol. The Morgan fingerprint density at radius 3 is 2.52 bits per heavy atom. The summed E-state index contributed by atoms with van der Waals surface area (Å²) >= 11 is 0. The molecule has 3 aromatic rings. The molecule has 0 amide bonds. The molecule has 0 saturated carbocycles. The number of para-hydroxylation sites is 2. The van der Waals surface area contributed by atoms with Gasteiger partial charge in [-0.25, -0.2) is 9.97 Å². The minimum Gasteiger partial charge on any atom is -0.357 e. The first-order chi connectivity index (χ1) is 11.3. The number of aromatic nitrogens is 3. The van der Waals surface area contributed by atoms with Crippen LogP contribution in [0, 0.1) is 0 Å². The van der Waals surface area contributed by atoms with Gasteiger partial charge < -0.3 is 9.47 Å². The summed E-state index contributed by atoms with van der Waals surface area (Å²) in [5, 5.41) is 0. The summed E-state index contributed by atoms with van der Waals surface area (Å²) in [6.07, 6.45) is 7.10. The van der Waals surface area contributed by atoms with Gasteiger partial charge in [0.25, 0.3) is 0 Å². The Labute approximate surface area is 136 Å². The fraction of sp³-hybridized carbons (Fsp3) is 0.368. The first kappa shape index (κ1) is 14.2. The van der Waals surface area contributed by atoms with E-state index in [2.05, 4.69) is 51.8 Å². The first-order valence-corrected chi connectivity index (χ1v) is 8.46. The van der Waals surface area contributed by atoms with E-state index in [9.17, 15) is 0 Å². The number of rotatable bonds is 2. The Morgan fingerprint density at radius 2 is 1.74 bits per heavy atom. The van der Waals surface area contributed by atoms with Crippen molar-refractivity contribution >= 4 is 16.9 Å². The number of nitrogens with zero attached hydrogens (tertiary/aromatic N) is 4. The van der Waals surface area contributed by atoms with E-state index in [0.717, 1.165) is 41.3 Å². The van der Waals surface area contributed by atoms with E-state index in [1.54, 1.807) is 0 Å². The van der Waals surface area contributed by atoms with Crippen molar-refractivity contribution < 1.29 is 0 Å². The van der Waals surface area contributed by atoms with Gasteiger partial charge in [0.15, 0.2) is 0 Å². The minimum absolute atomic E-state index is 1.00. The molecule has 118 valence electrons. The largest absolute Gasteiger partial charge is 0.357 e. The van der Waals surface area contributed by atoms with Crippen LogP contribution in [0.5, 0.6) is 0 Å². The van der Waals surface area contributed by atoms with Crippen LogP contribution in [0.2, 0.25) is 0 Å². The van der Waals surface area contributed by atoms with Crippen molar-refractivity contribution in [2.45, 2.75) is 25.7 Å². The minimum atomic E-state index is 1.00. The Morgan fingerprint density at radius 1 is 0.957 bits per heavy atom. The van der Waals surface area contributed by atoms with Gasteiger partial charge in [0, 0.05) is 31.9 Å². The smallest absolute Gasteiger partial charge is 0.141 e. The van der Waals surface area contributed by atoms with Crippen LogP contribution < -0.4 is 4.90 Å². The van der Waals surface area contributed by atoms with Crippen LogP contribution in [0.3, 0.4) is 0 Å². The lowest BCUT2D eigenvalue weighted by Crippen LogP contribution is -2.24. The third kappa shape index (κ3) is 2.69. The summed E-state index contributed by atoms with van der Waals surface area (Å²) in [5.74, 6) is 2.08. The second kappa shape index (κ2) is 6.03. The summed E-state index contributed by atoms with van der Waals surface area (Å²) < 4.78 is 2.16. The van der Waals surface area contributed by atoms with Crippen LogP contribution in [-0.4, -0.2) is 27.6 Å². The standard InChI is InChI=1S/C19H22N4/c1-22-17-9-5-4-8-16(17)21-19(22)15-10-11-20-18(14-15)23-12-6-2-3-7-13-23/h4-5,8-11,14H,2-3,6-7,12-13H2,1H3. The number of benzene rings is 1. The highest BCUT2D eigenvalue weighted by Gasteiger charge is 2.14. The molecule has 0 bridgehead atoms. The molecule has 1 aliphatic rings. The molecule has 0 spiro atoms. The third-order valence-corrected chi connectivity index (χ3v) is 4.72. The van der Waals surface area contributed by atoms with E-state index >= 15 is 0 Å². The third-order valence-electron chi connectivity index (χ3n) is 4.72. The van der Waals surface area contributed by atoms with E-state index < -0.39 is 0 Å². The number of aryl methyl sites for hydroxylation is 1. The normalized spacial score (nSPS) is 15.8. The molecular formula is C19H22N4. The van der Waals surface area contributed by atoms with Gasteiger partial charge in [-0.05, 0) is 37.1 Å². The zero-order valence-corrected chi connectivity index (χ0v) is 13.6. The van der Waals surface area contributed by atoms with E-state index in [-0.39, 0.29) is 0 Å². The van der Waals surface area contributed by atoms with E-state index in [4.69, 9.17) is 4.98 Å². The maximum atomic E-state index is 4.80. The number of pyridine rings is 1. The van der Waals surface area contributed by atoms with Gasteiger partial charge in [0.2, 0.25) is 0 Å². The maximum absolute atomic E-state index is 4.80. The van der Waals surface area contributed by atoms with Gasteiger partial charge in [-0.15, -0.1) is 0 Å². The van der Waals surface area contributed by atoms with E-state index in [0.29, 0.717) is 0 Å². The van der Waals surface area contributed by atoms with Gasteiger partial charge in [-0.3, -0.25) is 0 Å². The van der Waals surface area contributed by atoms with Crippen LogP contribution in [-0.2, 0) is 7.05 Å². The molecular weight excluding hydrogens is 284 g/mol. The summed E-state index contributed by atoms with van der Waals surface area (Å²) in [4.78, 5) is 11.8. The number of fused-ring (bicyclic) bond motifs is 1. The molecule has 1 saturated heterocycles. The molecule has 2 aromatic heterocycles. The van der Waals surface area contributed by atoms with Crippen molar-refractivity contribution in [1.82, 2.24) is 14.5 Å². The highest BCUT2D eigenvalue weighted by atomic mass is 15.2. The van der Waals surface area contributed by atoms with Crippen molar-refractivity contribution in [2.75, 3.05) is 18.0 Å². The highest BCUT2D eigenvalue weighted by molar-refractivity contribution is 5.80. The Hall–Kier alpha value is -2.36. The molecule has 0 unspecified atom stereocenters. The Kier molecular flexibility index (Phi) is 3.74. The van der Waals surface area contributed by atoms with Crippen LogP contribution >= 0.6 is 0 Å². The quantitative estimate of drug-likeness (QED) is 0.717. The van der Waals surface area contributed by atoms with Crippen LogP contribution in [0.1, 0.15) is 25.7 Å². The van der Waals surface area contributed by atoms with Crippen molar-refractivity contribution in [3.8, 4) is 11.4 Å². The number of hydrogen-bond donors (Lipinski definition) is 0. The molecule has 4 heteroatoms. The van der Waals surface area contributed by atoms with Crippen molar-refractivity contribution in [3.05, 3.63) is 42.6 Å². The zero-order chi connectivity index (χ0) is 15.6. The Bertz CT molecular complexity index is 813. The number of hydrogen-bond acceptors (Lipinski definition) is 3. The number of imidazole rings is 1. The summed E-state index contributed by atoms with van der Waals surface area (Å²) in [6, 6.07) is 12.5. The van der Waals surface area contributed by atoms with Crippen molar-refractivity contribution in [3.63, 3.8) is 0 Å². The zero-order valence-electron chi connectivity index (χ0n) is 13.6. The SMILES string of the molecule is Cn1c(-c2ccnc(N3CCCCCC3)c2)nc2ccccc21. The molecule has 1 aliphatic heterocycles. The first-order valence-electron chi connectivity index (χ1n) is 8.46. The lowest BCUT2D eigenvalue weighted by Gasteiger charge is -2.21. The van der Waals surface area contributed by atoms with Gasteiger partial charge in [0.1, 0.15) is 11.6 Å². The molecule has 1 aromatic carbocycles. The second-order valence-electron chi connectivity index (χ2n) is 6.29. The van der Waals surface area contributed by atoms with E-state index in [1.165, 1.54) is 25.7 Å². The van der Waals surface area contributed by atoms with Crippen LogP contribution in [0.25, 0.3) is 22.4 Å². The fourth-order valence-electron chi connectivity index (χ4n) is 3.43. The molecule has 4 nitrogen and oxygen atoms in total. The Balaban J connectivity index is 1.73. The molecule has 0 atom stereocenters. The number of anilines is 1. The molecule has 0 aliphatic carbocycles. The van der Waals surface area contributed by atoms with Crippen LogP contribution in [0.4, 0.5) is 5.82 Å². The topological polar surface area (TPSA) is 34.0 Å². The van der Waals surface area contributed by atoms with Gasteiger partial charge >= 0.3 is 0 Å². The molecule has 23 heavy (non-hydrogen) atoms. The molecule has 0 radical (unpaired) electrons. The summed E-state index contributed by atoms with van der Waals surface area (Å²) in [5.41, 5.74) is 3.34. The fourth-order valence-corrected chi connectivity index (χ4v) is 3.43. The van der Waals surface area contributed by atoms with E-state index in [1.807, 2.05) is 12.3 Å². The van der Waals surface area contributed by atoms with Crippen molar-refractivity contribution in [1.29, 1.82) is 0 Å². The van der Waals surface area contributed by atoms with Gasteiger partial charge in [-0.2, -0.15) is 0 Å². The lowest BCUT2D eigenvalue weighted by molar-refractivity contribution is 0.726.